The predicted octanol–water partition coefficient (Wildman–Crippen LogP) is 3.86. The van der Waals surface area contributed by atoms with E-state index in [2.05, 4.69) is 24.5 Å². The van der Waals surface area contributed by atoms with Crippen LogP contribution >= 0.6 is 23.1 Å². The molecule has 1 aliphatic rings. The molecule has 0 fully saturated rings. The maximum atomic E-state index is 2.38. The number of fused-ring (bicyclic) bond motifs is 1. The third kappa shape index (κ3) is 1.59. The standard InChI is InChI=1S/C10H12S2/c1-2-4-9-7-8-5-3-6-11-10(8)12-9/h3,6-7H,2,4-5H2,1H3. The molecule has 0 nitrogen and oxygen atoms in total. The summed E-state index contributed by atoms with van der Waals surface area (Å²) in [5.41, 5.74) is 1.54. The highest BCUT2D eigenvalue weighted by Crippen LogP contribution is 2.36. The number of hydrogen-bond donors (Lipinski definition) is 0. The van der Waals surface area contributed by atoms with Crippen molar-refractivity contribution < 1.29 is 0 Å². The number of hydrogen-bond acceptors (Lipinski definition) is 2. The number of aryl methyl sites for hydroxylation is 1. The number of thioether (sulfide) groups is 1. The molecule has 1 aromatic rings. The Hall–Kier alpha value is -0.210. The Balaban J connectivity index is 2.22. The molecule has 0 spiro atoms. The molecule has 0 amide bonds. The van der Waals surface area contributed by atoms with Gasteiger partial charge in [0.1, 0.15) is 0 Å². The van der Waals surface area contributed by atoms with Crippen LogP contribution in [0.15, 0.2) is 21.8 Å². The van der Waals surface area contributed by atoms with Gasteiger partial charge in [-0.2, -0.15) is 0 Å². The summed E-state index contributed by atoms with van der Waals surface area (Å²) < 4.78 is 1.51. The fourth-order valence-corrected chi connectivity index (χ4v) is 3.67. The van der Waals surface area contributed by atoms with E-state index in [4.69, 9.17) is 0 Å². The second-order valence-electron chi connectivity index (χ2n) is 2.97. The molecule has 0 aromatic carbocycles. The van der Waals surface area contributed by atoms with Crippen molar-refractivity contribution in [2.45, 2.75) is 30.4 Å². The lowest BCUT2D eigenvalue weighted by Gasteiger charge is -2.00. The first-order valence-corrected chi connectivity index (χ1v) is 6.03. The molecule has 0 N–H and O–H groups in total. The van der Waals surface area contributed by atoms with Crippen LogP contribution in [0, 0.1) is 0 Å². The lowest BCUT2D eigenvalue weighted by molar-refractivity contribution is 0.938. The molecule has 0 bridgehead atoms. The van der Waals surface area contributed by atoms with Crippen molar-refractivity contribution in [3.05, 3.63) is 28.0 Å². The lowest BCUT2D eigenvalue weighted by Crippen LogP contribution is -1.81. The summed E-state index contributed by atoms with van der Waals surface area (Å²) >= 11 is 3.84. The van der Waals surface area contributed by atoms with Gasteiger partial charge in [0, 0.05) is 4.88 Å². The van der Waals surface area contributed by atoms with Gasteiger partial charge < -0.3 is 0 Å². The minimum Gasteiger partial charge on any atom is -0.133 e. The van der Waals surface area contributed by atoms with Crippen LogP contribution in [0.4, 0.5) is 0 Å². The van der Waals surface area contributed by atoms with Gasteiger partial charge in [-0.1, -0.05) is 31.2 Å². The van der Waals surface area contributed by atoms with Gasteiger partial charge in [0.25, 0.3) is 0 Å². The summed E-state index contributed by atoms with van der Waals surface area (Å²) in [7, 11) is 0. The Labute approximate surface area is 81.7 Å². The summed E-state index contributed by atoms with van der Waals surface area (Å²) in [6, 6.07) is 2.38. The maximum Gasteiger partial charge on any atom is 0.0678 e. The van der Waals surface area contributed by atoms with E-state index < -0.39 is 0 Å². The summed E-state index contributed by atoms with van der Waals surface area (Å²) in [6.45, 7) is 2.24. The van der Waals surface area contributed by atoms with Gasteiger partial charge in [0.05, 0.1) is 4.21 Å². The van der Waals surface area contributed by atoms with Crippen LogP contribution in [0.1, 0.15) is 23.8 Å². The Kier molecular flexibility index (Phi) is 2.57. The minimum atomic E-state index is 1.14. The van der Waals surface area contributed by atoms with Crippen LogP contribution in [0.25, 0.3) is 0 Å². The van der Waals surface area contributed by atoms with Crippen molar-refractivity contribution in [3.63, 3.8) is 0 Å². The summed E-state index contributed by atoms with van der Waals surface area (Å²) in [5, 5.41) is 2.20. The second kappa shape index (κ2) is 3.67. The Morgan fingerprint density at radius 2 is 2.42 bits per heavy atom. The fraction of sp³-hybridized carbons (Fsp3) is 0.400. The van der Waals surface area contributed by atoms with Gasteiger partial charge >= 0.3 is 0 Å². The topological polar surface area (TPSA) is 0 Å². The molecule has 0 radical (unpaired) electrons. The van der Waals surface area contributed by atoms with E-state index in [0.717, 1.165) is 6.42 Å². The van der Waals surface area contributed by atoms with Crippen molar-refractivity contribution in [2.75, 3.05) is 0 Å². The molecule has 0 saturated carbocycles. The van der Waals surface area contributed by atoms with Crippen LogP contribution in [0.2, 0.25) is 0 Å². The Bertz CT molecular complexity index is 271. The van der Waals surface area contributed by atoms with E-state index in [-0.39, 0.29) is 0 Å². The third-order valence-corrected chi connectivity index (χ3v) is 4.30. The quantitative estimate of drug-likeness (QED) is 0.692. The smallest absolute Gasteiger partial charge is 0.0678 e. The molecule has 0 atom stereocenters. The number of thiophene rings is 1. The summed E-state index contributed by atoms with van der Waals surface area (Å²) in [5.74, 6) is 0. The minimum absolute atomic E-state index is 1.14. The molecule has 0 unspecified atom stereocenters. The maximum absolute atomic E-state index is 2.38. The van der Waals surface area contributed by atoms with E-state index in [9.17, 15) is 0 Å². The Morgan fingerprint density at radius 1 is 1.50 bits per heavy atom. The fourth-order valence-electron chi connectivity index (χ4n) is 1.36. The number of allylic oxidation sites excluding steroid dienone is 1. The highest BCUT2D eigenvalue weighted by Gasteiger charge is 2.09. The van der Waals surface area contributed by atoms with Crippen molar-refractivity contribution in [1.29, 1.82) is 0 Å². The molecule has 1 aliphatic heterocycles. The van der Waals surface area contributed by atoms with Crippen LogP contribution in [0.3, 0.4) is 0 Å². The van der Waals surface area contributed by atoms with Crippen molar-refractivity contribution >= 4 is 23.1 Å². The lowest BCUT2D eigenvalue weighted by atomic mass is 10.2. The molecular formula is C10H12S2. The van der Waals surface area contributed by atoms with Crippen molar-refractivity contribution in [3.8, 4) is 0 Å². The van der Waals surface area contributed by atoms with E-state index >= 15 is 0 Å². The molecule has 1 aromatic heterocycles. The van der Waals surface area contributed by atoms with Crippen LogP contribution in [0.5, 0.6) is 0 Å². The molecular weight excluding hydrogens is 184 g/mol. The molecule has 0 aliphatic carbocycles. The molecule has 2 heterocycles. The van der Waals surface area contributed by atoms with Crippen molar-refractivity contribution in [1.82, 2.24) is 0 Å². The van der Waals surface area contributed by atoms with Crippen LogP contribution < -0.4 is 0 Å². The zero-order valence-electron chi connectivity index (χ0n) is 7.17. The van der Waals surface area contributed by atoms with E-state index in [1.165, 1.54) is 22.6 Å². The van der Waals surface area contributed by atoms with Crippen LogP contribution in [-0.2, 0) is 12.8 Å². The average molecular weight is 196 g/mol. The highest BCUT2D eigenvalue weighted by molar-refractivity contribution is 8.04. The molecule has 2 rings (SSSR count). The van der Waals surface area contributed by atoms with Gasteiger partial charge in [-0.3, -0.25) is 0 Å². The molecule has 64 valence electrons. The number of rotatable bonds is 2. The van der Waals surface area contributed by atoms with Gasteiger partial charge in [0.15, 0.2) is 0 Å². The van der Waals surface area contributed by atoms with E-state index in [1.807, 2.05) is 23.1 Å². The summed E-state index contributed by atoms with van der Waals surface area (Å²) in [4.78, 5) is 1.55. The van der Waals surface area contributed by atoms with Gasteiger partial charge in [-0.05, 0) is 29.9 Å². The highest BCUT2D eigenvalue weighted by atomic mass is 32.2. The molecule has 2 heteroatoms. The predicted molar refractivity (Wildman–Crippen MR) is 57.0 cm³/mol. The largest absolute Gasteiger partial charge is 0.133 e. The first-order chi connectivity index (χ1) is 5.90. The third-order valence-electron chi connectivity index (χ3n) is 1.93. The zero-order chi connectivity index (χ0) is 8.39. The molecule has 0 saturated heterocycles. The monoisotopic (exact) mass is 196 g/mol. The van der Waals surface area contributed by atoms with Gasteiger partial charge in [-0.25, -0.2) is 0 Å². The first kappa shape index (κ1) is 8.39. The Morgan fingerprint density at radius 3 is 3.17 bits per heavy atom. The van der Waals surface area contributed by atoms with E-state index in [0.29, 0.717) is 0 Å². The van der Waals surface area contributed by atoms with Crippen LogP contribution in [-0.4, -0.2) is 0 Å². The summed E-state index contributed by atoms with van der Waals surface area (Å²) in [6.07, 6.45) is 5.90. The van der Waals surface area contributed by atoms with Gasteiger partial charge in [-0.15, -0.1) is 11.3 Å². The average Bonchev–Trinajstić information content (AvgIpc) is 2.47. The molecule has 12 heavy (non-hydrogen) atoms. The first-order valence-electron chi connectivity index (χ1n) is 4.33. The van der Waals surface area contributed by atoms with E-state index in [1.54, 1.807) is 4.88 Å². The second-order valence-corrected chi connectivity index (χ2v) is 5.28. The van der Waals surface area contributed by atoms with Gasteiger partial charge in [0.2, 0.25) is 0 Å². The zero-order valence-corrected chi connectivity index (χ0v) is 8.80. The normalized spacial score (nSPS) is 14.8. The van der Waals surface area contributed by atoms with Crippen molar-refractivity contribution in [2.24, 2.45) is 0 Å². The SMILES string of the molecule is CCCc1cc2c(s1)SC=CC2.